The number of piperidine rings is 1. The Balaban J connectivity index is 0.00000450. The van der Waals surface area contributed by atoms with E-state index in [2.05, 4.69) is 34.1 Å². The summed E-state index contributed by atoms with van der Waals surface area (Å²) in [4.78, 5) is 7.20. The molecule has 3 N–H and O–H groups in total. The molecule has 1 aromatic rings. The van der Waals surface area contributed by atoms with Gasteiger partial charge in [-0.05, 0) is 64.4 Å². The second-order valence-corrected chi connectivity index (χ2v) is 7.90. The van der Waals surface area contributed by atoms with Crippen LogP contribution in [0.2, 0.25) is 0 Å². The maximum atomic E-state index is 12.2. The predicted octanol–water partition coefficient (Wildman–Crippen LogP) is 3.76. The minimum absolute atomic E-state index is 0. The number of hydrogen-bond acceptors (Lipinski definition) is 4. The molecule has 1 unspecified atom stereocenters. The molecule has 0 saturated carbocycles. The molecule has 1 fully saturated rings. The topological polar surface area (TPSA) is 69.1 Å². The molecule has 0 bridgehead atoms. The number of aliphatic imine (C=N–C) groups is 1. The number of guanidine groups is 1. The van der Waals surface area contributed by atoms with E-state index in [4.69, 9.17) is 4.99 Å². The summed E-state index contributed by atoms with van der Waals surface area (Å²) in [5.74, 6) is 0.716. The summed E-state index contributed by atoms with van der Waals surface area (Å²) >= 11 is 0. The van der Waals surface area contributed by atoms with E-state index >= 15 is 0 Å². The van der Waals surface area contributed by atoms with Gasteiger partial charge >= 0.3 is 6.61 Å². The molecule has 0 aromatic heterocycles. The largest absolute Gasteiger partial charge is 0.435 e. The van der Waals surface area contributed by atoms with Crippen molar-refractivity contribution in [3.8, 4) is 5.75 Å². The standard InChI is InChI=1S/C21H34F2N4O2.HI/c1-4-24-20(26-15-21(2,3)27-12-6-5-7-13-27)25-14-18(28)16-8-10-17(11-9-16)29-19(22)23;/h8-11,18-19,28H,4-7,12-15H2,1-3H3,(H2,24,25,26);1H. The number of rotatable bonds is 9. The van der Waals surface area contributed by atoms with Gasteiger partial charge in [0, 0.05) is 18.6 Å². The first kappa shape index (κ1) is 26.8. The van der Waals surface area contributed by atoms with E-state index in [0.717, 1.165) is 13.1 Å². The lowest BCUT2D eigenvalue weighted by atomic mass is 9.99. The second kappa shape index (κ2) is 13.3. The molecule has 1 aliphatic heterocycles. The monoisotopic (exact) mass is 540 g/mol. The fourth-order valence-electron chi connectivity index (χ4n) is 3.40. The molecule has 0 amide bonds. The van der Waals surface area contributed by atoms with E-state index in [1.54, 1.807) is 12.1 Å². The molecule has 172 valence electrons. The fourth-order valence-corrected chi connectivity index (χ4v) is 3.40. The van der Waals surface area contributed by atoms with E-state index < -0.39 is 12.7 Å². The highest BCUT2D eigenvalue weighted by molar-refractivity contribution is 14.0. The first-order chi connectivity index (χ1) is 13.8. The second-order valence-electron chi connectivity index (χ2n) is 7.90. The highest BCUT2D eigenvalue weighted by atomic mass is 127. The summed E-state index contributed by atoms with van der Waals surface area (Å²) in [6, 6.07) is 6.00. The lowest BCUT2D eigenvalue weighted by Crippen LogP contribution is -2.49. The van der Waals surface area contributed by atoms with Crippen LogP contribution in [0.25, 0.3) is 0 Å². The summed E-state index contributed by atoms with van der Waals surface area (Å²) in [6.07, 6.45) is 2.97. The van der Waals surface area contributed by atoms with E-state index in [0.29, 0.717) is 24.6 Å². The average Bonchev–Trinajstić information content (AvgIpc) is 2.70. The van der Waals surface area contributed by atoms with Gasteiger partial charge in [-0.3, -0.25) is 9.89 Å². The average molecular weight is 540 g/mol. The van der Waals surface area contributed by atoms with Crippen LogP contribution in [0, 0.1) is 0 Å². The van der Waals surface area contributed by atoms with Gasteiger partial charge in [-0.15, -0.1) is 24.0 Å². The van der Waals surface area contributed by atoms with Crippen LogP contribution in [0.1, 0.15) is 51.7 Å². The first-order valence-electron chi connectivity index (χ1n) is 10.3. The number of nitrogens with one attached hydrogen (secondary N) is 2. The van der Waals surface area contributed by atoms with Crippen LogP contribution in [-0.4, -0.2) is 60.8 Å². The Morgan fingerprint density at radius 2 is 1.80 bits per heavy atom. The van der Waals surface area contributed by atoms with Crippen molar-refractivity contribution in [1.82, 2.24) is 15.5 Å². The van der Waals surface area contributed by atoms with Gasteiger partial charge in [-0.1, -0.05) is 18.6 Å². The molecule has 1 heterocycles. The Labute approximate surface area is 195 Å². The van der Waals surface area contributed by atoms with Crippen molar-refractivity contribution >= 4 is 29.9 Å². The Kier molecular flexibility index (Phi) is 11.9. The molecule has 1 saturated heterocycles. The van der Waals surface area contributed by atoms with Gasteiger partial charge in [0.15, 0.2) is 5.96 Å². The third-order valence-electron chi connectivity index (χ3n) is 5.13. The number of aliphatic hydroxyl groups is 1. The van der Waals surface area contributed by atoms with Crippen molar-refractivity contribution in [1.29, 1.82) is 0 Å². The van der Waals surface area contributed by atoms with Crippen LogP contribution >= 0.6 is 24.0 Å². The maximum Gasteiger partial charge on any atom is 0.387 e. The molecular weight excluding hydrogens is 505 g/mol. The van der Waals surface area contributed by atoms with Crippen molar-refractivity contribution in [2.75, 3.05) is 32.7 Å². The summed E-state index contributed by atoms with van der Waals surface area (Å²) in [7, 11) is 0. The van der Waals surface area contributed by atoms with Crippen LogP contribution in [0.4, 0.5) is 8.78 Å². The molecule has 1 aliphatic rings. The van der Waals surface area contributed by atoms with E-state index in [-0.39, 0.29) is 41.8 Å². The fraction of sp³-hybridized carbons (Fsp3) is 0.667. The maximum absolute atomic E-state index is 12.2. The van der Waals surface area contributed by atoms with Crippen molar-refractivity contribution < 1.29 is 18.6 Å². The van der Waals surface area contributed by atoms with Gasteiger partial charge in [0.2, 0.25) is 0 Å². The molecule has 6 nitrogen and oxygen atoms in total. The molecule has 0 aliphatic carbocycles. The lowest BCUT2D eigenvalue weighted by molar-refractivity contribution is -0.0498. The number of benzene rings is 1. The zero-order valence-corrected chi connectivity index (χ0v) is 20.4. The number of hydrogen-bond donors (Lipinski definition) is 3. The van der Waals surface area contributed by atoms with Crippen LogP contribution in [-0.2, 0) is 0 Å². The van der Waals surface area contributed by atoms with Crippen LogP contribution < -0.4 is 15.4 Å². The van der Waals surface area contributed by atoms with Crippen molar-refractivity contribution in [2.45, 2.75) is 58.3 Å². The molecule has 9 heteroatoms. The normalized spacial score (nSPS) is 16.7. The van der Waals surface area contributed by atoms with Gasteiger partial charge in [-0.25, -0.2) is 0 Å². The zero-order valence-electron chi connectivity index (χ0n) is 18.0. The van der Waals surface area contributed by atoms with Crippen molar-refractivity contribution in [3.63, 3.8) is 0 Å². The SMILES string of the molecule is CCNC(=NCC(C)(C)N1CCCCC1)NCC(O)c1ccc(OC(F)F)cc1.I. The number of halogens is 3. The quantitative estimate of drug-likeness (QED) is 0.253. The highest BCUT2D eigenvalue weighted by Gasteiger charge is 2.27. The molecule has 1 atom stereocenters. The molecule has 30 heavy (non-hydrogen) atoms. The number of nitrogens with zero attached hydrogens (tertiary/aromatic N) is 2. The Morgan fingerprint density at radius 1 is 1.17 bits per heavy atom. The van der Waals surface area contributed by atoms with Crippen molar-refractivity contribution in [3.05, 3.63) is 29.8 Å². The highest BCUT2D eigenvalue weighted by Crippen LogP contribution is 2.21. The molecule has 0 radical (unpaired) electrons. The van der Waals surface area contributed by atoms with Crippen LogP contribution in [0.3, 0.4) is 0 Å². The number of alkyl halides is 2. The van der Waals surface area contributed by atoms with Gasteiger partial charge in [0.05, 0.1) is 12.6 Å². The van der Waals surface area contributed by atoms with Crippen LogP contribution in [0.15, 0.2) is 29.3 Å². The Hall–Kier alpha value is -1.20. The molecule has 1 aromatic carbocycles. The molecule has 0 spiro atoms. The number of likely N-dealkylation sites (tertiary alicyclic amines) is 1. The van der Waals surface area contributed by atoms with Gasteiger partial charge < -0.3 is 20.5 Å². The van der Waals surface area contributed by atoms with Gasteiger partial charge in [0.1, 0.15) is 5.75 Å². The summed E-state index contributed by atoms with van der Waals surface area (Å²) in [6.45, 7) is 7.39. The van der Waals surface area contributed by atoms with E-state index in [1.807, 2.05) is 6.92 Å². The predicted molar refractivity (Wildman–Crippen MR) is 127 cm³/mol. The molecular formula is C21H35F2IN4O2. The zero-order chi connectivity index (χ0) is 21.3. The summed E-state index contributed by atoms with van der Waals surface area (Å²) < 4.78 is 28.8. The Morgan fingerprint density at radius 3 is 2.37 bits per heavy atom. The smallest absolute Gasteiger partial charge is 0.387 e. The van der Waals surface area contributed by atoms with E-state index in [9.17, 15) is 13.9 Å². The Bertz CT molecular complexity index is 638. The lowest BCUT2D eigenvalue weighted by Gasteiger charge is -2.40. The third-order valence-corrected chi connectivity index (χ3v) is 5.13. The van der Waals surface area contributed by atoms with Crippen molar-refractivity contribution in [2.24, 2.45) is 4.99 Å². The van der Waals surface area contributed by atoms with E-state index in [1.165, 1.54) is 31.4 Å². The van der Waals surface area contributed by atoms with Crippen LogP contribution in [0.5, 0.6) is 5.75 Å². The number of aliphatic hydroxyl groups excluding tert-OH is 1. The third kappa shape index (κ3) is 8.89. The summed E-state index contributed by atoms with van der Waals surface area (Å²) in [5, 5.41) is 16.8. The minimum Gasteiger partial charge on any atom is -0.435 e. The number of ether oxygens (including phenoxy) is 1. The minimum atomic E-state index is -2.86. The summed E-state index contributed by atoms with van der Waals surface area (Å²) in [5.41, 5.74) is 0.589. The molecule has 2 rings (SSSR count). The van der Waals surface area contributed by atoms with Gasteiger partial charge in [0.25, 0.3) is 0 Å². The first-order valence-corrected chi connectivity index (χ1v) is 10.3. The van der Waals surface area contributed by atoms with Gasteiger partial charge in [-0.2, -0.15) is 8.78 Å².